The molecule has 0 aliphatic heterocycles. The summed E-state index contributed by atoms with van der Waals surface area (Å²) in [6.07, 6.45) is 1.94. The van der Waals surface area contributed by atoms with E-state index in [0.717, 1.165) is 18.8 Å². The van der Waals surface area contributed by atoms with E-state index >= 15 is 0 Å². The summed E-state index contributed by atoms with van der Waals surface area (Å²) < 4.78 is 0. The van der Waals surface area contributed by atoms with Crippen molar-refractivity contribution in [3.8, 4) is 0 Å². The van der Waals surface area contributed by atoms with Crippen LogP contribution in [0.4, 0.5) is 0 Å². The lowest BCUT2D eigenvalue weighted by atomic mass is 10.4. The zero-order chi connectivity index (χ0) is 7.98. The first-order valence-electron chi connectivity index (χ1n) is 3.43. The second kappa shape index (κ2) is 5.11. The maximum atomic E-state index is 6.65. The second-order valence-corrected chi connectivity index (χ2v) is 2.31. The van der Waals surface area contributed by atoms with Crippen molar-refractivity contribution in [3.63, 3.8) is 0 Å². The van der Waals surface area contributed by atoms with Gasteiger partial charge in [-0.1, -0.05) is 6.92 Å². The molecule has 0 amide bonds. The Hall–Kier alpha value is -0.700. The quantitative estimate of drug-likeness (QED) is 0.596. The molecular weight excluding hydrogens is 126 g/mol. The lowest BCUT2D eigenvalue weighted by molar-refractivity contribution is 0.391. The normalized spacial score (nSPS) is 12.2. The largest absolute Gasteiger partial charge is 0.303 e. The first-order valence-corrected chi connectivity index (χ1v) is 3.43. The fourth-order valence-corrected chi connectivity index (χ4v) is 0.463. The molecule has 0 aromatic carbocycles. The summed E-state index contributed by atoms with van der Waals surface area (Å²) >= 11 is 0. The van der Waals surface area contributed by atoms with E-state index in [1.54, 1.807) is 0 Å². The average molecular weight is 141 g/mol. The highest BCUT2D eigenvalue weighted by Crippen LogP contribution is 1.93. The van der Waals surface area contributed by atoms with Crippen LogP contribution in [0.25, 0.3) is 0 Å². The van der Waals surface area contributed by atoms with Crippen LogP contribution in [-0.2, 0) is 0 Å². The number of allylic oxidation sites excluding steroid dienone is 1. The van der Waals surface area contributed by atoms with Gasteiger partial charge in [-0.15, -0.1) is 0 Å². The van der Waals surface area contributed by atoms with Gasteiger partial charge in [0.15, 0.2) is 0 Å². The zero-order valence-electron chi connectivity index (χ0n) is 6.89. The van der Waals surface area contributed by atoms with Gasteiger partial charge in [0.05, 0.1) is 5.70 Å². The predicted molar refractivity (Wildman–Crippen MR) is 42.1 cm³/mol. The Morgan fingerprint density at radius 1 is 1.70 bits per heavy atom. The molecule has 3 heteroatoms. The molecule has 58 valence electrons. The fraction of sp³-hybridized carbons (Fsp3) is 0.714. The molecule has 1 N–H and O–H groups in total. The Morgan fingerprint density at radius 3 is 2.70 bits per heavy atom. The van der Waals surface area contributed by atoms with Gasteiger partial charge in [-0.05, 0) is 26.6 Å². The molecule has 0 aliphatic carbocycles. The summed E-state index contributed by atoms with van der Waals surface area (Å²) in [7, 11) is 2.04. The van der Waals surface area contributed by atoms with Crippen LogP contribution in [0.5, 0.6) is 0 Å². The van der Waals surface area contributed by atoms with E-state index < -0.39 is 0 Å². The maximum Gasteiger partial charge on any atom is 0.0565 e. The minimum absolute atomic E-state index is 0.778. The molecule has 0 aromatic heterocycles. The van der Waals surface area contributed by atoms with Gasteiger partial charge >= 0.3 is 0 Å². The van der Waals surface area contributed by atoms with Crippen LogP contribution in [0.2, 0.25) is 0 Å². The first-order chi connectivity index (χ1) is 4.70. The van der Waals surface area contributed by atoms with Gasteiger partial charge in [-0.2, -0.15) is 5.11 Å². The van der Waals surface area contributed by atoms with Crippen LogP contribution >= 0.6 is 0 Å². The highest BCUT2D eigenvalue weighted by atomic mass is 15.1. The summed E-state index contributed by atoms with van der Waals surface area (Å²) in [5.74, 6) is 0. The second-order valence-electron chi connectivity index (χ2n) is 2.31. The Bertz CT molecular complexity index is 129. The minimum Gasteiger partial charge on any atom is -0.303 e. The third kappa shape index (κ3) is 4.21. The average Bonchev–Trinajstić information content (AvgIpc) is 1.99. The summed E-state index contributed by atoms with van der Waals surface area (Å²) in [4.78, 5) is 2.15. The van der Waals surface area contributed by atoms with Crippen LogP contribution < -0.4 is 0 Å². The molecule has 3 nitrogen and oxygen atoms in total. The van der Waals surface area contributed by atoms with Crippen molar-refractivity contribution >= 4 is 0 Å². The third-order valence-electron chi connectivity index (χ3n) is 1.41. The molecule has 0 aliphatic rings. The van der Waals surface area contributed by atoms with Crippen molar-refractivity contribution in [3.05, 3.63) is 11.8 Å². The highest BCUT2D eigenvalue weighted by molar-refractivity contribution is 4.94. The fourth-order valence-electron chi connectivity index (χ4n) is 0.463. The van der Waals surface area contributed by atoms with Gasteiger partial charge in [0.2, 0.25) is 0 Å². The van der Waals surface area contributed by atoms with E-state index in [9.17, 15) is 0 Å². The third-order valence-corrected chi connectivity index (χ3v) is 1.41. The number of rotatable bonds is 4. The zero-order valence-corrected chi connectivity index (χ0v) is 6.89. The van der Waals surface area contributed by atoms with Crippen molar-refractivity contribution in [2.45, 2.75) is 13.8 Å². The standard InChI is InChI=1S/C7H15N3/c1-4-10(3)6-5-7(2)9-8/h5,8H,4,6H2,1-3H3/b7-5-,9-8?. The van der Waals surface area contributed by atoms with Crippen LogP contribution in [0, 0.1) is 5.53 Å². The van der Waals surface area contributed by atoms with Gasteiger partial charge in [0.25, 0.3) is 0 Å². The lowest BCUT2D eigenvalue weighted by Crippen LogP contribution is -2.17. The van der Waals surface area contributed by atoms with Gasteiger partial charge in [-0.25, -0.2) is 5.53 Å². The summed E-state index contributed by atoms with van der Waals surface area (Å²) in [5, 5.41) is 3.28. The Balaban J connectivity index is 3.60. The molecule has 0 rings (SSSR count). The van der Waals surface area contributed by atoms with E-state index in [2.05, 4.69) is 16.9 Å². The van der Waals surface area contributed by atoms with Crippen LogP contribution in [0.1, 0.15) is 13.8 Å². The smallest absolute Gasteiger partial charge is 0.0565 e. The number of hydrogen-bond donors (Lipinski definition) is 1. The van der Waals surface area contributed by atoms with Gasteiger partial charge < -0.3 is 4.90 Å². The Labute approximate surface area is 62.2 Å². The molecular formula is C7H15N3. The van der Waals surface area contributed by atoms with Crippen molar-refractivity contribution in [1.82, 2.24) is 4.90 Å². The molecule has 0 unspecified atom stereocenters. The van der Waals surface area contributed by atoms with Crippen LogP contribution in [0.15, 0.2) is 16.9 Å². The molecule has 0 heterocycles. The predicted octanol–water partition coefficient (Wildman–Crippen LogP) is 1.87. The van der Waals surface area contributed by atoms with Gasteiger partial charge in [-0.3, -0.25) is 0 Å². The molecule has 0 saturated carbocycles. The maximum absolute atomic E-state index is 6.65. The van der Waals surface area contributed by atoms with E-state index in [1.165, 1.54) is 0 Å². The van der Waals surface area contributed by atoms with Gasteiger partial charge in [0.1, 0.15) is 0 Å². The summed E-state index contributed by atoms with van der Waals surface area (Å²) in [5.41, 5.74) is 7.43. The van der Waals surface area contributed by atoms with E-state index in [0.29, 0.717) is 0 Å². The molecule has 0 saturated heterocycles. The van der Waals surface area contributed by atoms with Crippen molar-refractivity contribution < 1.29 is 0 Å². The summed E-state index contributed by atoms with van der Waals surface area (Å²) in [6, 6.07) is 0. The molecule has 0 aromatic rings. The topological polar surface area (TPSA) is 39.5 Å². The molecule has 0 bridgehead atoms. The number of nitrogens with one attached hydrogen (secondary N) is 1. The minimum atomic E-state index is 0.778. The number of nitrogens with zero attached hydrogens (tertiary/aromatic N) is 2. The SMILES string of the molecule is CCN(C)C/C=C(/C)N=N. The molecule has 0 radical (unpaired) electrons. The first kappa shape index (κ1) is 9.30. The van der Waals surface area contributed by atoms with Gasteiger partial charge in [0, 0.05) is 6.54 Å². The van der Waals surface area contributed by atoms with Crippen molar-refractivity contribution in [1.29, 1.82) is 5.53 Å². The van der Waals surface area contributed by atoms with Crippen molar-refractivity contribution in [2.75, 3.05) is 20.1 Å². The highest BCUT2D eigenvalue weighted by Gasteiger charge is 1.89. The van der Waals surface area contributed by atoms with Crippen molar-refractivity contribution in [2.24, 2.45) is 5.11 Å². The van der Waals surface area contributed by atoms with Crippen LogP contribution in [0.3, 0.4) is 0 Å². The summed E-state index contributed by atoms with van der Waals surface area (Å²) in [6.45, 7) is 5.84. The Morgan fingerprint density at radius 2 is 2.30 bits per heavy atom. The monoisotopic (exact) mass is 141 g/mol. The number of likely N-dealkylation sites (N-methyl/N-ethyl adjacent to an activating group) is 1. The molecule has 10 heavy (non-hydrogen) atoms. The molecule has 0 fully saturated rings. The number of hydrogen-bond acceptors (Lipinski definition) is 3. The van der Waals surface area contributed by atoms with E-state index in [4.69, 9.17) is 5.53 Å². The molecule has 0 spiro atoms. The van der Waals surface area contributed by atoms with Crippen LogP contribution in [-0.4, -0.2) is 25.0 Å². The van der Waals surface area contributed by atoms with E-state index in [-0.39, 0.29) is 0 Å². The lowest BCUT2D eigenvalue weighted by Gasteiger charge is -2.09. The Kier molecular flexibility index (Phi) is 4.76. The molecule has 0 atom stereocenters. The van der Waals surface area contributed by atoms with E-state index in [1.807, 2.05) is 20.0 Å².